The highest BCUT2D eigenvalue weighted by Gasteiger charge is 2.37. The van der Waals surface area contributed by atoms with Crippen molar-refractivity contribution in [3.63, 3.8) is 0 Å². The van der Waals surface area contributed by atoms with E-state index in [1.54, 1.807) is 6.20 Å². The van der Waals surface area contributed by atoms with Crippen LogP contribution in [0.2, 0.25) is 0 Å². The SMILES string of the molecule is CNC(Cc1ccccn1)C1CCC(F)(F)CC1. The highest BCUT2D eigenvalue weighted by molar-refractivity contribution is 5.06. The van der Waals surface area contributed by atoms with Crippen molar-refractivity contribution < 1.29 is 8.78 Å². The lowest BCUT2D eigenvalue weighted by Gasteiger charge is -2.33. The van der Waals surface area contributed by atoms with Crippen LogP contribution in [0.25, 0.3) is 0 Å². The van der Waals surface area contributed by atoms with Crippen LogP contribution in [-0.4, -0.2) is 24.0 Å². The smallest absolute Gasteiger partial charge is 0.248 e. The number of nitrogens with zero attached hydrogens (tertiary/aromatic N) is 1. The van der Waals surface area contributed by atoms with Crippen molar-refractivity contribution in [3.8, 4) is 0 Å². The predicted molar refractivity (Wildman–Crippen MR) is 67.7 cm³/mol. The van der Waals surface area contributed by atoms with E-state index in [1.165, 1.54) is 0 Å². The molecule has 1 heterocycles. The molecule has 100 valence electrons. The van der Waals surface area contributed by atoms with Gasteiger partial charge in [-0.05, 0) is 37.9 Å². The zero-order chi connectivity index (χ0) is 13.0. The van der Waals surface area contributed by atoms with Crippen molar-refractivity contribution in [3.05, 3.63) is 30.1 Å². The van der Waals surface area contributed by atoms with Gasteiger partial charge in [0.05, 0.1) is 0 Å². The number of hydrogen-bond acceptors (Lipinski definition) is 2. The predicted octanol–water partition coefficient (Wildman–Crippen LogP) is 3.04. The van der Waals surface area contributed by atoms with Gasteiger partial charge in [-0.2, -0.15) is 0 Å². The molecule has 0 aliphatic heterocycles. The van der Waals surface area contributed by atoms with Gasteiger partial charge in [0.2, 0.25) is 5.92 Å². The van der Waals surface area contributed by atoms with Crippen LogP contribution in [0, 0.1) is 5.92 Å². The first-order valence-corrected chi connectivity index (χ1v) is 6.56. The van der Waals surface area contributed by atoms with Gasteiger partial charge in [-0.25, -0.2) is 8.78 Å². The number of alkyl halides is 2. The second kappa shape index (κ2) is 5.74. The Morgan fingerprint density at radius 2 is 2.11 bits per heavy atom. The molecule has 1 aliphatic carbocycles. The Balaban J connectivity index is 1.94. The molecular weight excluding hydrogens is 234 g/mol. The molecule has 2 nitrogen and oxygen atoms in total. The fourth-order valence-electron chi connectivity index (χ4n) is 2.71. The maximum absolute atomic E-state index is 13.1. The lowest BCUT2D eigenvalue weighted by atomic mass is 9.80. The van der Waals surface area contributed by atoms with Gasteiger partial charge in [-0.1, -0.05) is 6.07 Å². The van der Waals surface area contributed by atoms with E-state index in [4.69, 9.17) is 0 Å². The summed E-state index contributed by atoms with van der Waals surface area (Å²) < 4.78 is 26.3. The highest BCUT2D eigenvalue weighted by Crippen LogP contribution is 2.37. The quantitative estimate of drug-likeness (QED) is 0.893. The van der Waals surface area contributed by atoms with E-state index in [9.17, 15) is 8.78 Å². The van der Waals surface area contributed by atoms with Crippen molar-refractivity contribution in [1.82, 2.24) is 10.3 Å². The summed E-state index contributed by atoms with van der Waals surface area (Å²) in [5, 5.41) is 3.26. The number of rotatable bonds is 4. The molecule has 1 fully saturated rings. The number of likely N-dealkylation sites (N-methyl/N-ethyl adjacent to an activating group) is 1. The van der Waals surface area contributed by atoms with E-state index >= 15 is 0 Å². The van der Waals surface area contributed by atoms with Gasteiger partial charge in [0.1, 0.15) is 0 Å². The first-order chi connectivity index (χ1) is 8.61. The van der Waals surface area contributed by atoms with E-state index in [-0.39, 0.29) is 18.9 Å². The molecule has 1 atom stereocenters. The Bertz CT molecular complexity index is 357. The molecule has 2 rings (SSSR count). The van der Waals surface area contributed by atoms with Crippen molar-refractivity contribution in [2.24, 2.45) is 5.92 Å². The Hall–Kier alpha value is -1.03. The minimum atomic E-state index is -2.44. The number of hydrogen-bond donors (Lipinski definition) is 1. The minimum Gasteiger partial charge on any atom is -0.316 e. The molecule has 0 radical (unpaired) electrons. The topological polar surface area (TPSA) is 24.9 Å². The van der Waals surface area contributed by atoms with E-state index < -0.39 is 5.92 Å². The minimum absolute atomic E-state index is 0.0259. The summed E-state index contributed by atoms with van der Waals surface area (Å²) in [6, 6.07) is 6.08. The van der Waals surface area contributed by atoms with Crippen molar-refractivity contribution >= 4 is 0 Å². The van der Waals surface area contributed by atoms with Crippen LogP contribution >= 0.6 is 0 Å². The average molecular weight is 254 g/mol. The molecular formula is C14H20F2N2. The fourth-order valence-corrected chi connectivity index (χ4v) is 2.71. The zero-order valence-electron chi connectivity index (χ0n) is 10.7. The summed E-state index contributed by atoms with van der Waals surface area (Å²) in [6.07, 6.45) is 3.84. The molecule has 1 aliphatic rings. The molecule has 0 aromatic carbocycles. The largest absolute Gasteiger partial charge is 0.316 e. The van der Waals surface area contributed by atoms with Gasteiger partial charge in [-0.3, -0.25) is 4.98 Å². The maximum Gasteiger partial charge on any atom is 0.248 e. The number of halogens is 2. The molecule has 0 bridgehead atoms. The molecule has 1 saturated carbocycles. The Kier molecular flexibility index (Phi) is 4.27. The molecule has 4 heteroatoms. The van der Waals surface area contributed by atoms with Gasteiger partial charge in [0.25, 0.3) is 0 Å². The van der Waals surface area contributed by atoms with E-state index in [1.807, 2.05) is 25.2 Å². The molecule has 1 aromatic heterocycles. The van der Waals surface area contributed by atoms with Gasteiger partial charge >= 0.3 is 0 Å². The van der Waals surface area contributed by atoms with E-state index in [2.05, 4.69) is 10.3 Å². The van der Waals surface area contributed by atoms with Gasteiger partial charge in [0, 0.05) is 37.2 Å². The lowest BCUT2D eigenvalue weighted by Crippen LogP contribution is -2.39. The second-order valence-electron chi connectivity index (χ2n) is 5.11. The standard InChI is InChI=1S/C14H20F2N2/c1-17-13(10-12-4-2-3-9-18-12)11-5-7-14(15,16)8-6-11/h2-4,9,11,13,17H,5-8,10H2,1H3. The normalized spacial score (nSPS) is 21.7. The van der Waals surface area contributed by atoms with Gasteiger partial charge in [-0.15, -0.1) is 0 Å². The molecule has 1 aromatic rings. The second-order valence-corrected chi connectivity index (χ2v) is 5.11. The van der Waals surface area contributed by atoms with Crippen molar-refractivity contribution in [2.45, 2.75) is 44.1 Å². The van der Waals surface area contributed by atoms with Crippen LogP contribution in [0.5, 0.6) is 0 Å². The van der Waals surface area contributed by atoms with Gasteiger partial charge in [0.15, 0.2) is 0 Å². The summed E-state index contributed by atoms with van der Waals surface area (Å²) >= 11 is 0. The average Bonchev–Trinajstić information content (AvgIpc) is 2.38. The molecule has 0 saturated heterocycles. The van der Waals surface area contributed by atoms with Crippen LogP contribution in [0.15, 0.2) is 24.4 Å². The van der Waals surface area contributed by atoms with Crippen molar-refractivity contribution in [2.75, 3.05) is 7.05 Å². The molecule has 18 heavy (non-hydrogen) atoms. The van der Waals surface area contributed by atoms with E-state index in [0.29, 0.717) is 18.8 Å². The third kappa shape index (κ3) is 3.48. The highest BCUT2D eigenvalue weighted by atomic mass is 19.3. The molecule has 1 N–H and O–H groups in total. The Labute approximate surface area is 107 Å². The third-order valence-electron chi connectivity index (χ3n) is 3.86. The molecule has 0 spiro atoms. The Morgan fingerprint density at radius 1 is 1.39 bits per heavy atom. The summed E-state index contributed by atoms with van der Waals surface area (Å²) in [7, 11) is 1.90. The summed E-state index contributed by atoms with van der Waals surface area (Å²) in [5.74, 6) is -2.11. The summed E-state index contributed by atoms with van der Waals surface area (Å²) in [5.41, 5.74) is 1.02. The summed E-state index contributed by atoms with van der Waals surface area (Å²) in [6.45, 7) is 0. The van der Waals surface area contributed by atoms with Crippen LogP contribution < -0.4 is 5.32 Å². The molecule has 0 amide bonds. The lowest BCUT2D eigenvalue weighted by molar-refractivity contribution is -0.0493. The number of aromatic nitrogens is 1. The fraction of sp³-hybridized carbons (Fsp3) is 0.643. The van der Waals surface area contributed by atoms with Crippen LogP contribution in [0.1, 0.15) is 31.4 Å². The summed E-state index contributed by atoms with van der Waals surface area (Å²) in [4.78, 5) is 4.30. The Morgan fingerprint density at radius 3 is 2.67 bits per heavy atom. The number of pyridine rings is 1. The van der Waals surface area contributed by atoms with Crippen LogP contribution in [0.4, 0.5) is 8.78 Å². The molecule has 1 unspecified atom stereocenters. The monoisotopic (exact) mass is 254 g/mol. The third-order valence-corrected chi connectivity index (χ3v) is 3.86. The van der Waals surface area contributed by atoms with Crippen LogP contribution in [-0.2, 0) is 6.42 Å². The van der Waals surface area contributed by atoms with Gasteiger partial charge < -0.3 is 5.32 Å². The van der Waals surface area contributed by atoms with E-state index in [0.717, 1.165) is 12.1 Å². The van der Waals surface area contributed by atoms with Crippen LogP contribution in [0.3, 0.4) is 0 Å². The maximum atomic E-state index is 13.1. The van der Waals surface area contributed by atoms with Crippen molar-refractivity contribution in [1.29, 1.82) is 0 Å². The first kappa shape index (κ1) is 13.4. The zero-order valence-corrected chi connectivity index (χ0v) is 10.7. The number of nitrogens with one attached hydrogen (secondary N) is 1. The first-order valence-electron chi connectivity index (χ1n) is 6.56.